The molecule has 0 heterocycles. The van der Waals surface area contributed by atoms with E-state index < -0.39 is 41.7 Å². The Morgan fingerprint density at radius 3 is 2.15 bits per heavy atom. The summed E-state index contributed by atoms with van der Waals surface area (Å²) < 4.78 is 5.09. The summed E-state index contributed by atoms with van der Waals surface area (Å²) in [6.45, 7) is 0.302. The number of hydrogen-bond acceptors (Lipinski definition) is 8. The summed E-state index contributed by atoms with van der Waals surface area (Å²) in [5.41, 5.74) is 19.0. The standard InChI is InChI=1S/C19H24N2O4.C10H12N2O2.2ClH/c1-25-15-9-7-14(8-10-15)12-21-17(19(23)24)18(22)16(20)11-13-5-3-2-4-6-13;11-9(14)10(12)7-4-2-1-3-6(7)5-8(10)13;;/h2-10,16-18,21-22H,11-12,20H2,1H3,(H,23,24);1-4,8,13H,5,12H2,(H2,11,14);2*1H/t16-,17+,18-;8-,10+;;/m01../s1. The molecular weight excluding hydrogens is 571 g/mol. The Morgan fingerprint density at radius 2 is 1.59 bits per heavy atom. The Bertz CT molecular complexity index is 1250. The van der Waals surface area contributed by atoms with E-state index in [1.54, 1.807) is 31.4 Å². The molecule has 12 heteroatoms. The predicted octanol–water partition coefficient (Wildman–Crippen LogP) is 1.26. The molecule has 10 N–H and O–H groups in total. The maximum Gasteiger partial charge on any atom is 0.323 e. The highest BCUT2D eigenvalue weighted by molar-refractivity contribution is 5.88. The number of carboxylic acids is 1. The fourth-order valence-electron chi connectivity index (χ4n) is 4.53. The normalized spacial score (nSPS) is 19.1. The van der Waals surface area contributed by atoms with Crippen LogP contribution in [0.2, 0.25) is 0 Å². The number of ether oxygens (including phenoxy) is 1. The molecule has 0 spiro atoms. The van der Waals surface area contributed by atoms with Crippen LogP contribution in [0.5, 0.6) is 5.75 Å². The van der Waals surface area contributed by atoms with Gasteiger partial charge in [0.05, 0.1) is 19.3 Å². The number of aliphatic carboxylic acids is 1. The lowest BCUT2D eigenvalue weighted by Crippen LogP contribution is -2.55. The topological polar surface area (TPSA) is 194 Å². The maximum atomic E-state index is 11.5. The second kappa shape index (κ2) is 16.3. The fourth-order valence-corrected chi connectivity index (χ4v) is 4.53. The Labute approximate surface area is 251 Å². The molecule has 0 saturated carbocycles. The van der Waals surface area contributed by atoms with Gasteiger partial charge in [-0.25, -0.2) is 0 Å². The largest absolute Gasteiger partial charge is 0.497 e. The van der Waals surface area contributed by atoms with E-state index in [1.165, 1.54) is 0 Å². The third-order valence-corrected chi connectivity index (χ3v) is 6.86. The molecule has 0 bridgehead atoms. The van der Waals surface area contributed by atoms with Crippen molar-refractivity contribution in [2.45, 2.75) is 49.2 Å². The molecule has 1 aliphatic rings. The van der Waals surface area contributed by atoms with Gasteiger partial charge in [0.15, 0.2) is 0 Å². The van der Waals surface area contributed by atoms with E-state index in [-0.39, 0.29) is 24.8 Å². The van der Waals surface area contributed by atoms with Crippen molar-refractivity contribution in [1.82, 2.24) is 5.32 Å². The summed E-state index contributed by atoms with van der Waals surface area (Å²) in [7, 11) is 1.58. The number of benzene rings is 3. The number of carbonyl (C=O) groups is 2. The van der Waals surface area contributed by atoms with Gasteiger partial charge in [-0.15, -0.1) is 24.8 Å². The van der Waals surface area contributed by atoms with Crippen molar-refractivity contribution in [3.63, 3.8) is 0 Å². The molecule has 1 amide bonds. The zero-order valence-electron chi connectivity index (χ0n) is 22.6. The highest BCUT2D eigenvalue weighted by atomic mass is 35.5. The summed E-state index contributed by atoms with van der Waals surface area (Å²) in [5.74, 6) is -1.09. The molecule has 4 rings (SSSR count). The number of methoxy groups -OCH3 is 1. The highest BCUT2D eigenvalue weighted by Gasteiger charge is 2.47. The molecular formula is C29H38Cl2N4O6. The Balaban J connectivity index is 0.000000447. The van der Waals surface area contributed by atoms with E-state index >= 15 is 0 Å². The van der Waals surface area contributed by atoms with Gasteiger partial charge in [0, 0.05) is 19.0 Å². The number of fused-ring (bicyclic) bond motifs is 1. The second-order valence-electron chi connectivity index (χ2n) is 9.50. The molecule has 0 saturated heterocycles. The van der Waals surface area contributed by atoms with E-state index in [0.29, 0.717) is 24.9 Å². The number of nitrogens with one attached hydrogen (secondary N) is 1. The van der Waals surface area contributed by atoms with Gasteiger partial charge in [0.1, 0.15) is 17.3 Å². The number of carboxylic acid groups (broad SMARTS) is 1. The van der Waals surface area contributed by atoms with Crippen molar-refractivity contribution in [3.8, 4) is 5.75 Å². The lowest BCUT2D eigenvalue weighted by molar-refractivity contribution is -0.143. The smallest absolute Gasteiger partial charge is 0.323 e. The number of halogens is 2. The zero-order chi connectivity index (χ0) is 28.6. The summed E-state index contributed by atoms with van der Waals surface area (Å²) >= 11 is 0. The van der Waals surface area contributed by atoms with Gasteiger partial charge in [0.2, 0.25) is 5.91 Å². The Hall–Kier alpha value is -3.22. The molecule has 0 radical (unpaired) electrons. The van der Waals surface area contributed by atoms with Crippen LogP contribution in [0.3, 0.4) is 0 Å². The lowest BCUT2D eigenvalue weighted by Gasteiger charge is -2.25. The number of rotatable bonds is 10. The van der Waals surface area contributed by atoms with E-state index in [9.17, 15) is 24.9 Å². The van der Waals surface area contributed by atoms with E-state index in [4.69, 9.17) is 21.9 Å². The van der Waals surface area contributed by atoms with E-state index in [2.05, 4.69) is 5.32 Å². The number of primary amides is 1. The molecule has 0 fully saturated rings. The second-order valence-corrected chi connectivity index (χ2v) is 9.50. The molecule has 0 aliphatic heterocycles. The van der Waals surface area contributed by atoms with Crippen LogP contribution >= 0.6 is 24.8 Å². The van der Waals surface area contributed by atoms with Crippen LogP contribution < -0.4 is 27.3 Å². The van der Waals surface area contributed by atoms with Crippen LogP contribution in [0.4, 0.5) is 0 Å². The number of aliphatic hydroxyl groups excluding tert-OH is 2. The first-order valence-electron chi connectivity index (χ1n) is 12.5. The maximum absolute atomic E-state index is 11.5. The number of aliphatic hydroxyl groups is 2. The first-order chi connectivity index (χ1) is 18.6. The Kier molecular flexibility index (Phi) is 14.2. The van der Waals surface area contributed by atoms with Crippen molar-refractivity contribution in [2.75, 3.05) is 7.11 Å². The predicted molar refractivity (Wildman–Crippen MR) is 161 cm³/mol. The number of nitrogens with two attached hydrogens (primary N) is 3. The minimum atomic E-state index is -1.42. The number of carbonyl (C=O) groups excluding carboxylic acids is 1. The van der Waals surface area contributed by atoms with Crippen LogP contribution in [0.25, 0.3) is 0 Å². The lowest BCUT2D eigenvalue weighted by atomic mass is 9.90. The molecule has 0 unspecified atom stereocenters. The van der Waals surface area contributed by atoms with Gasteiger partial charge in [0.25, 0.3) is 0 Å². The molecule has 1 aliphatic carbocycles. The first-order valence-corrected chi connectivity index (χ1v) is 12.5. The van der Waals surface area contributed by atoms with Crippen molar-refractivity contribution >= 4 is 36.7 Å². The average Bonchev–Trinajstić information content (AvgIpc) is 3.20. The molecule has 41 heavy (non-hydrogen) atoms. The molecule has 3 aromatic carbocycles. The third-order valence-electron chi connectivity index (χ3n) is 6.86. The van der Waals surface area contributed by atoms with Gasteiger partial charge >= 0.3 is 5.97 Å². The summed E-state index contributed by atoms with van der Waals surface area (Å²) in [4.78, 5) is 22.8. The SMILES string of the molecule is COc1ccc(CN[C@@H](C(=O)O)[C@@H](O)[C@@H](N)Cc2ccccc2)cc1.Cl.Cl.NC(=O)[C@]1(N)c2ccccc2C[C@H]1O. The van der Waals surface area contributed by atoms with Gasteiger partial charge in [-0.2, -0.15) is 0 Å². The summed E-state index contributed by atoms with van der Waals surface area (Å²) in [6.07, 6.45) is -1.35. The van der Waals surface area contributed by atoms with Gasteiger partial charge in [-0.1, -0.05) is 66.7 Å². The monoisotopic (exact) mass is 608 g/mol. The molecule has 224 valence electrons. The molecule has 10 nitrogen and oxygen atoms in total. The fraction of sp³-hybridized carbons (Fsp3) is 0.310. The van der Waals surface area contributed by atoms with Gasteiger partial charge in [-0.3, -0.25) is 14.9 Å². The number of amides is 1. The Morgan fingerprint density at radius 1 is 1.00 bits per heavy atom. The van der Waals surface area contributed by atoms with Gasteiger partial charge < -0.3 is 37.3 Å². The van der Waals surface area contributed by atoms with Crippen molar-refractivity contribution in [3.05, 3.63) is 101 Å². The average molecular weight is 610 g/mol. The van der Waals surface area contributed by atoms with E-state index in [1.807, 2.05) is 54.6 Å². The van der Waals surface area contributed by atoms with Crippen LogP contribution in [0.1, 0.15) is 22.3 Å². The van der Waals surface area contributed by atoms with Crippen molar-refractivity contribution in [1.29, 1.82) is 0 Å². The number of hydrogen-bond donors (Lipinski definition) is 7. The minimum absolute atomic E-state index is 0. The summed E-state index contributed by atoms with van der Waals surface area (Å²) in [5, 5.41) is 32.4. The van der Waals surface area contributed by atoms with Gasteiger partial charge in [-0.05, 0) is 40.8 Å². The molecule has 3 aromatic rings. The summed E-state index contributed by atoms with van der Waals surface area (Å²) in [6, 6.07) is 22.1. The van der Waals surface area contributed by atoms with Crippen LogP contribution in [-0.4, -0.2) is 58.6 Å². The van der Waals surface area contributed by atoms with Crippen molar-refractivity contribution < 1.29 is 29.6 Å². The molecule has 5 atom stereocenters. The highest BCUT2D eigenvalue weighted by Crippen LogP contribution is 2.34. The van der Waals surface area contributed by atoms with Crippen LogP contribution in [0.15, 0.2) is 78.9 Å². The van der Waals surface area contributed by atoms with E-state index in [0.717, 1.165) is 22.4 Å². The molecule has 0 aromatic heterocycles. The quantitative estimate of drug-likeness (QED) is 0.177. The van der Waals surface area contributed by atoms with Crippen LogP contribution in [0, 0.1) is 0 Å². The van der Waals surface area contributed by atoms with Crippen molar-refractivity contribution in [2.24, 2.45) is 17.2 Å². The zero-order valence-corrected chi connectivity index (χ0v) is 24.2. The minimum Gasteiger partial charge on any atom is -0.497 e. The first kappa shape index (κ1) is 35.8. The van der Waals surface area contributed by atoms with Crippen LogP contribution in [-0.2, 0) is 34.5 Å². The third kappa shape index (κ3) is 8.88.